The van der Waals surface area contributed by atoms with Crippen LogP contribution in [0.15, 0.2) is 48.5 Å². The summed E-state index contributed by atoms with van der Waals surface area (Å²) >= 11 is 6.01. The maximum absolute atomic E-state index is 12.8. The van der Waals surface area contributed by atoms with Crippen molar-refractivity contribution in [1.29, 1.82) is 0 Å². The lowest BCUT2D eigenvalue weighted by Gasteiger charge is -2.31. The van der Waals surface area contributed by atoms with Crippen LogP contribution in [0.2, 0.25) is 5.02 Å². The molecule has 3 rings (SSSR count). The Morgan fingerprint density at radius 1 is 1.10 bits per heavy atom. The minimum Gasteiger partial charge on any atom is -0.353 e. The van der Waals surface area contributed by atoms with E-state index < -0.39 is 0 Å². The van der Waals surface area contributed by atoms with Crippen molar-refractivity contribution in [2.24, 2.45) is 0 Å². The molecule has 0 saturated carbocycles. The number of nitrogens with one attached hydrogen (secondary N) is 2. The first kappa shape index (κ1) is 21.1. The third-order valence-electron chi connectivity index (χ3n) is 4.97. The number of aryl methyl sites for hydroxylation is 1. The third-order valence-corrected chi connectivity index (χ3v) is 5.20. The third kappa shape index (κ3) is 6.21. The Morgan fingerprint density at radius 2 is 1.86 bits per heavy atom. The summed E-state index contributed by atoms with van der Waals surface area (Å²) in [5.74, 6) is -0.0984. The van der Waals surface area contributed by atoms with E-state index in [2.05, 4.69) is 10.6 Å². The lowest BCUT2D eigenvalue weighted by molar-refractivity contribution is -0.130. The van der Waals surface area contributed by atoms with E-state index >= 15 is 0 Å². The largest absolute Gasteiger partial charge is 0.353 e. The van der Waals surface area contributed by atoms with Gasteiger partial charge < -0.3 is 20.4 Å². The van der Waals surface area contributed by atoms with Crippen LogP contribution in [0, 0.1) is 6.92 Å². The minimum absolute atomic E-state index is 0.0393. The predicted octanol–water partition coefficient (Wildman–Crippen LogP) is 2.20. The summed E-state index contributed by atoms with van der Waals surface area (Å²) in [4.78, 5) is 29.1. The van der Waals surface area contributed by atoms with Crippen LogP contribution in [0.1, 0.15) is 11.1 Å². The average molecular weight is 415 g/mol. The number of rotatable bonds is 7. The first-order chi connectivity index (χ1) is 14.0. The van der Waals surface area contributed by atoms with Gasteiger partial charge in [-0.25, -0.2) is 0 Å². The highest BCUT2D eigenvalue weighted by Crippen LogP contribution is 2.19. The molecule has 1 saturated heterocycles. The molecule has 0 spiro atoms. The minimum atomic E-state index is -0.138. The van der Waals surface area contributed by atoms with Crippen molar-refractivity contribution >= 4 is 29.1 Å². The Bertz CT molecular complexity index is 852. The fraction of sp³-hybridized carbons (Fsp3) is 0.364. The van der Waals surface area contributed by atoms with Crippen LogP contribution in [0.3, 0.4) is 0 Å². The summed E-state index contributed by atoms with van der Waals surface area (Å²) in [5.41, 5.74) is 2.86. The zero-order valence-corrected chi connectivity index (χ0v) is 17.4. The molecule has 2 aromatic rings. The van der Waals surface area contributed by atoms with Crippen LogP contribution < -0.4 is 15.5 Å². The molecule has 6 nitrogen and oxygen atoms in total. The van der Waals surface area contributed by atoms with Gasteiger partial charge in [-0.15, -0.1) is 0 Å². The number of carbonyl (C=O) groups is 2. The highest BCUT2D eigenvalue weighted by atomic mass is 35.5. The van der Waals surface area contributed by atoms with Crippen LogP contribution in [0.5, 0.6) is 0 Å². The Hall–Kier alpha value is -2.57. The van der Waals surface area contributed by atoms with Crippen LogP contribution in [-0.2, 0) is 16.1 Å². The lowest BCUT2D eigenvalue weighted by atomic mass is 10.1. The van der Waals surface area contributed by atoms with E-state index in [9.17, 15) is 9.59 Å². The Labute approximate surface area is 176 Å². The number of benzene rings is 2. The molecule has 2 N–H and O–H groups in total. The molecule has 1 aliphatic rings. The molecule has 154 valence electrons. The van der Waals surface area contributed by atoms with E-state index in [0.29, 0.717) is 24.7 Å². The van der Waals surface area contributed by atoms with Crippen molar-refractivity contribution < 1.29 is 9.59 Å². The van der Waals surface area contributed by atoms with E-state index in [-0.39, 0.29) is 24.9 Å². The fourth-order valence-corrected chi connectivity index (χ4v) is 3.61. The van der Waals surface area contributed by atoms with E-state index in [1.165, 1.54) is 0 Å². The Balaban J connectivity index is 1.66. The first-order valence-corrected chi connectivity index (χ1v) is 10.2. The maximum atomic E-state index is 12.8. The van der Waals surface area contributed by atoms with Crippen molar-refractivity contribution in [3.05, 3.63) is 64.7 Å². The number of para-hydroxylation sites is 1. The average Bonchev–Trinajstić information content (AvgIpc) is 2.73. The van der Waals surface area contributed by atoms with E-state index in [1.54, 1.807) is 6.07 Å². The van der Waals surface area contributed by atoms with Gasteiger partial charge in [0, 0.05) is 43.4 Å². The van der Waals surface area contributed by atoms with Gasteiger partial charge >= 0.3 is 0 Å². The first-order valence-electron chi connectivity index (χ1n) is 9.83. The van der Waals surface area contributed by atoms with Gasteiger partial charge in [0.15, 0.2) is 0 Å². The zero-order chi connectivity index (χ0) is 20.6. The Kier molecular flexibility index (Phi) is 7.49. The van der Waals surface area contributed by atoms with Crippen molar-refractivity contribution in [2.75, 3.05) is 44.2 Å². The SMILES string of the molecule is Cc1ccccc1N(CC(=O)NCc1cccc(Cl)c1)CC(=O)N1CCNCC1. The summed E-state index contributed by atoms with van der Waals surface area (Å²) in [5, 5.41) is 6.81. The van der Waals surface area contributed by atoms with Gasteiger partial charge in [-0.2, -0.15) is 0 Å². The normalized spacial score (nSPS) is 13.8. The molecular formula is C22H27ClN4O2. The summed E-state index contributed by atoms with van der Waals surface area (Å²) in [7, 11) is 0. The molecule has 0 unspecified atom stereocenters. The lowest BCUT2D eigenvalue weighted by Crippen LogP contribution is -2.50. The smallest absolute Gasteiger partial charge is 0.242 e. The van der Waals surface area contributed by atoms with Crippen molar-refractivity contribution in [3.8, 4) is 0 Å². The molecule has 0 bridgehead atoms. The predicted molar refractivity (Wildman–Crippen MR) is 116 cm³/mol. The van der Waals surface area contributed by atoms with Gasteiger partial charge in [-0.05, 0) is 36.2 Å². The molecular weight excluding hydrogens is 388 g/mol. The van der Waals surface area contributed by atoms with Crippen molar-refractivity contribution in [3.63, 3.8) is 0 Å². The topological polar surface area (TPSA) is 64.7 Å². The standard InChI is InChI=1S/C22H27ClN4O2/c1-17-5-2-3-8-20(17)27(16-22(29)26-11-9-24-10-12-26)15-21(28)25-14-18-6-4-7-19(23)13-18/h2-8,13,24H,9-12,14-16H2,1H3,(H,25,28). The quantitative estimate of drug-likeness (QED) is 0.729. The number of hydrogen-bond donors (Lipinski definition) is 2. The van der Waals surface area contributed by atoms with Gasteiger partial charge in [0.05, 0.1) is 13.1 Å². The second-order valence-corrected chi connectivity index (χ2v) is 7.62. The molecule has 1 aliphatic heterocycles. The van der Waals surface area contributed by atoms with Crippen LogP contribution in [0.25, 0.3) is 0 Å². The summed E-state index contributed by atoms with van der Waals surface area (Å²) in [6.07, 6.45) is 0. The zero-order valence-electron chi connectivity index (χ0n) is 16.7. The van der Waals surface area contributed by atoms with E-state index in [0.717, 1.165) is 29.9 Å². The van der Waals surface area contributed by atoms with Gasteiger partial charge in [0.1, 0.15) is 0 Å². The molecule has 7 heteroatoms. The number of hydrogen-bond acceptors (Lipinski definition) is 4. The summed E-state index contributed by atoms with van der Waals surface area (Å²) in [6, 6.07) is 15.2. The van der Waals surface area contributed by atoms with Crippen LogP contribution in [0.4, 0.5) is 5.69 Å². The molecule has 2 amide bonds. The molecule has 1 fully saturated rings. The number of amides is 2. The Morgan fingerprint density at radius 3 is 2.59 bits per heavy atom. The number of anilines is 1. The van der Waals surface area contributed by atoms with E-state index in [4.69, 9.17) is 11.6 Å². The summed E-state index contributed by atoms with van der Waals surface area (Å²) in [6.45, 7) is 5.67. The summed E-state index contributed by atoms with van der Waals surface area (Å²) < 4.78 is 0. The van der Waals surface area contributed by atoms with Gasteiger partial charge in [0.2, 0.25) is 11.8 Å². The molecule has 0 atom stereocenters. The molecule has 0 aliphatic carbocycles. The number of carbonyl (C=O) groups excluding carboxylic acids is 2. The van der Waals surface area contributed by atoms with Crippen molar-refractivity contribution in [1.82, 2.24) is 15.5 Å². The molecule has 2 aromatic carbocycles. The van der Waals surface area contributed by atoms with Crippen LogP contribution in [-0.4, -0.2) is 56.0 Å². The number of halogens is 1. The second-order valence-electron chi connectivity index (χ2n) is 7.18. The number of piperazine rings is 1. The molecule has 29 heavy (non-hydrogen) atoms. The van der Waals surface area contributed by atoms with E-state index in [1.807, 2.05) is 59.2 Å². The fourth-order valence-electron chi connectivity index (χ4n) is 3.40. The molecule has 0 radical (unpaired) electrons. The monoisotopic (exact) mass is 414 g/mol. The highest BCUT2D eigenvalue weighted by Gasteiger charge is 2.22. The second kappa shape index (κ2) is 10.3. The van der Waals surface area contributed by atoms with Gasteiger partial charge in [-0.1, -0.05) is 41.9 Å². The van der Waals surface area contributed by atoms with Crippen LogP contribution >= 0.6 is 11.6 Å². The maximum Gasteiger partial charge on any atom is 0.242 e. The van der Waals surface area contributed by atoms with Crippen molar-refractivity contribution in [2.45, 2.75) is 13.5 Å². The molecule has 1 heterocycles. The number of nitrogens with zero attached hydrogens (tertiary/aromatic N) is 2. The van der Waals surface area contributed by atoms with Gasteiger partial charge in [0.25, 0.3) is 0 Å². The van der Waals surface area contributed by atoms with Gasteiger partial charge in [-0.3, -0.25) is 9.59 Å². The highest BCUT2D eigenvalue weighted by molar-refractivity contribution is 6.30. The molecule has 0 aromatic heterocycles.